The van der Waals surface area contributed by atoms with Crippen LogP contribution in [0.3, 0.4) is 0 Å². The van der Waals surface area contributed by atoms with E-state index < -0.39 is 12.0 Å². The predicted molar refractivity (Wildman–Crippen MR) is 81.7 cm³/mol. The number of nitrogens with zero attached hydrogens (tertiary/aromatic N) is 1. The summed E-state index contributed by atoms with van der Waals surface area (Å²) in [5.41, 5.74) is 0.559. The highest BCUT2D eigenvalue weighted by molar-refractivity contribution is 5.94. The first-order valence-electron chi connectivity index (χ1n) is 7.50. The van der Waals surface area contributed by atoms with Crippen LogP contribution in [0.4, 0.5) is 5.69 Å². The molecule has 1 atom stereocenters. The first kappa shape index (κ1) is 15.6. The van der Waals surface area contributed by atoms with Crippen molar-refractivity contribution in [2.45, 2.75) is 12.5 Å². The summed E-state index contributed by atoms with van der Waals surface area (Å²) in [6.07, 6.45) is -0.0935. The molecule has 1 amide bonds. The smallest absolute Gasteiger partial charge is 0.321 e. The molecule has 8 nitrogen and oxygen atoms in total. The van der Waals surface area contributed by atoms with Gasteiger partial charge in [0, 0.05) is 37.9 Å². The number of rotatable bonds is 5. The maximum absolute atomic E-state index is 12.2. The molecule has 0 bridgehead atoms. The average molecular weight is 321 g/mol. The second-order valence-electron chi connectivity index (χ2n) is 5.46. The lowest BCUT2D eigenvalue weighted by molar-refractivity contribution is -0.145. The second kappa shape index (κ2) is 6.84. The number of anilines is 1. The lowest BCUT2D eigenvalue weighted by Gasteiger charge is -2.32. The third-order valence-electron chi connectivity index (χ3n) is 3.91. The van der Waals surface area contributed by atoms with Gasteiger partial charge in [-0.2, -0.15) is 0 Å². The third-order valence-corrected chi connectivity index (χ3v) is 3.91. The summed E-state index contributed by atoms with van der Waals surface area (Å²) in [5.74, 6) is -0.116. The van der Waals surface area contributed by atoms with Crippen LogP contribution in [0.25, 0.3) is 0 Å². The van der Waals surface area contributed by atoms with Crippen LogP contribution in [0.2, 0.25) is 0 Å². The molecule has 2 aliphatic rings. The molecule has 0 unspecified atom stereocenters. The number of aliphatic carboxylic acids is 1. The number of piperazine rings is 1. The SMILES string of the molecule is O=C(C[C@@H](C(=O)O)N1CCNCC1)Nc1ccc2c(c1)OCO2. The van der Waals surface area contributed by atoms with Crippen molar-refractivity contribution in [3.8, 4) is 11.5 Å². The van der Waals surface area contributed by atoms with Crippen molar-refractivity contribution in [1.82, 2.24) is 10.2 Å². The lowest BCUT2D eigenvalue weighted by Crippen LogP contribution is -2.52. The summed E-state index contributed by atoms with van der Waals surface area (Å²) in [4.78, 5) is 25.5. The van der Waals surface area contributed by atoms with E-state index in [2.05, 4.69) is 10.6 Å². The zero-order chi connectivity index (χ0) is 16.2. The fourth-order valence-electron chi connectivity index (χ4n) is 2.73. The number of amides is 1. The van der Waals surface area contributed by atoms with Gasteiger partial charge in [-0.05, 0) is 12.1 Å². The largest absolute Gasteiger partial charge is 0.480 e. The molecule has 2 aliphatic heterocycles. The average Bonchev–Trinajstić information content (AvgIpc) is 3.01. The van der Waals surface area contributed by atoms with Crippen molar-refractivity contribution < 1.29 is 24.2 Å². The quantitative estimate of drug-likeness (QED) is 0.707. The Morgan fingerprint density at radius 3 is 2.74 bits per heavy atom. The second-order valence-corrected chi connectivity index (χ2v) is 5.46. The van der Waals surface area contributed by atoms with E-state index in [1.165, 1.54) is 0 Å². The predicted octanol–water partition coefficient (Wildman–Crippen LogP) is 0.102. The Kier molecular flexibility index (Phi) is 4.63. The molecular weight excluding hydrogens is 302 g/mol. The van der Waals surface area contributed by atoms with E-state index in [0.29, 0.717) is 30.3 Å². The van der Waals surface area contributed by atoms with Crippen molar-refractivity contribution in [1.29, 1.82) is 0 Å². The fraction of sp³-hybridized carbons (Fsp3) is 0.467. The molecule has 1 aromatic rings. The van der Waals surface area contributed by atoms with Gasteiger partial charge >= 0.3 is 5.97 Å². The Morgan fingerprint density at radius 2 is 2.00 bits per heavy atom. The van der Waals surface area contributed by atoms with Gasteiger partial charge in [0.1, 0.15) is 6.04 Å². The van der Waals surface area contributed by atoms with Crippen molar-refractivity contribution >= 4 is 17.6 Å². The van der Waals surface area contributed by atoms with Crippen LogP contribution < -0.4 is 20.1 Å². The van der Waals surface area contributed by atoms with Crippen LogP contribution in [0, 0.1) is 0 Å². The van der Waals surface area contributed by atoms with Crippen molar-refractivity contribution in [2.75, 3.05) is 38.3 Å². The maximum atomic E-state index is 12.2. The van der Waals surface area contributed by atoms with Crippen LogP contribution in [0.15, 0.2) is 18.2 Å². The number of fused-ring (bicyclic) bond motifs is 1. The number of carbonyl (C=O) groups is 2. The highest BCUT2D eigenvalue weighted by atomic mass is 16.7. The molecule has 1 saturated heterocycles. The molecule has 1 fully saturated rings. The van der Waals surface area contributed by atoms with Gasteiger partial charge in [-0.3, -0.25) is 14.5 Å². The standard InChI is InChI=1S/C15H19N3O5/c19-14(8-11(15(20)21)18-5-3-16-4-6-18)17-10-1-2-12-13(7-10)23-9-22-12/h1-2,7,11,16H,3-6,8-9H2,(H,17,19)(H,20,21)/t11-/m0/s1. The number of benzene rings is 1. The van der Waals surface area contributed by atoms with E-state index in [0.717, 1.165) is 13.1 Å². The van der Waals surface area contributed by atoms with E-state index in [1.54, 1.807) is 18.2 Å². The number of ether oxygens (including phenoxy) is 2. The zero-order valence-electron chi connectivity index (χ0n) is 12.6. The number of nitrogens with one attached hydrogen (secondary N) is 2. The monoisotopic (exact) mass is 321 g/mol. The summed E-state index contributed by atoms with van der Waals surface area (Å²) in [6.45, 7) is 2.86. The number of hydrogen-bond donors (Lipinski definition) is 3. The molecule has 124 valence electrons. The maximum Gasteiger partial charge on any atom is 0.321 e. The molecule has 0 aliphatic carbocycles. The minimum absolute atomic E-state index is 0.0935. The van der Waals surface area contributed by atoms with E-state index in [-0.39, 0.29) is 19.1 Å². The highest BCUT2D eigenvalue weighted by Crippen LogP contribution is 2.34. The summed E-state index contributed by atoms with van der Waals surface area (Å²) >= 11 is 0. The number of carboxylic acid groups (broad SMARTS) is 1. The van der Waals surface area contributed by atoms with Crippen molar-refractivity contribution in [3.63, 3.8) is 0 Å². The van der Waals surface area contributed by atoms with E-state index in [9.17, 15) is 14.7 Å². The molecule has 0 aromatic heterocycles. The van der Waals surface area contributed by atoms with Crippen LogP contribution in [0.5, 0.6) is 11.5 Å². The number of hydrogen-bond acceptors (Lipinski definition) is 6. The van der Waals surface area contributed by atoms with Crippen LogP contribution in [-0.4, -0.2) is 60.9 Å². The number of carbonyl (C=O) groups excluding carboxylic acids is 1. The molecule has 0 spiro atoms. The molecule has 8 heteroatoms. The first-order valence-corrected chi connectivity index (χ1v) is 7.50. The molecule has 1 aromatic carbocycles. The molecule has 2 heterocycles. The summed E-state index contributed by atoms with van der Waals surface area (Å²) < 4.78 is 10.5. The van der Waals surface area contributed by atoms with Gasteiger partial charge in [-0.25, -0.2) is 0 Å². The van der Waals surface area contributed by atoms with Crippen molar-refractivity contribution in [3.05, 3.63) is 18.2 Å². The van der Waals surface area contributed by atoms with Gasteiger partial charge in [-0.15, -0.1) is 0 Å². The van der Waals surface area contributed by atoms with Gasteiger partial charge in [0.15, 0.2) is 11.5 Å². The summed E-state index contributed by atoms with van der Waals surface area (Å²) in [5, 5.41) is 15.3. The summed E-state index contributed by atoms with van der Waals surface area (Å²) in [7, 11) is 0. The van der Waals surface area contributed by atoms with Crippen LogP contribution in [0.1, 0.15) is 6.42 Å². The Labute approximate surface area is 133 Å². The minimum atomic E-state index is -0.979. The minimum Gasteiger partial charge on any atom is -0.480 e. The van der Waals surface area contributed by atoms with Gasteiger partial charge in [0.05, 0.1) is 6.42 Å². The normalized spacial score (nSPS) is 18.4. The zero-order valence-corrected chi connectivity index (χ0v) is 12.6. The Hall–Kier alpha value is -2.32. The Morgan fingerprint density at radius 1 is 1.26 bits per heavy atom. The van der Waals surface area contributed by atoms with Crippen LogP contribution in [-0.2, 0) is 9.59 Å². The fourth-order valence-corrected chi connectivity index (χ4v) is 2.73. The first-order chi connectivity index (χ1) is 11.1. The van der Waals surface area contributed by atoms with E-state index >= 15 is 0 Å². The van der Waals surface area contributed by atoms with Gasteiger partial charge in [-0.1, -0.05) is 0 Å². The molecule has 3 rings (SSSR count). The third kappa shape index (κ3) is 3.72. The van der Waals surface area contributed by atoms with Gasteiger partial charge in [0.2, 0.25) is 12.7 Å². The molecule has 23 heavy (non-hydrogen) atoms. The topological polar surface area (TPSA) is 100 Å². The Balaban J connectivity index is 1.61. The molecule has 3 N–H and O–H groups in total. The van der Waals surface area contributed by atoms with Crippen LogP contribution >= 0.6 is 0 Å². The number of carboxylic acids is 1. The van der Waals surface area contributed by atoms with E-state index in [4.69, 9.17) is 9.47 Å². The van der Waals surface area contributed by atoms with Gasteiger partial charge in [0.25, 0.3) is 0 Å². The van der Waals surface area contributed by atoms with E-state index in [1.807, 2.05) is 4.90 Å². The summed E-state index contributed by atoms with van der Waals surface area (Å²) in [6, 6.07) is 4.27. The molecular formula is C15H19N3O5. The Bertz CT molecular complexity index is 601. The highest BCUT2D eigenvalue weighted by Gasteiger charge is 2.29. The molecule has 0 saturated carbocycles. The van der Waals surface area contributed by atoms with Gasteiger partial charge < -0.3 is 25.2 Å². The van der Waals surface area contributed by atoms with Crippen molar-refractivity contribution in [2.24, 2.45) is 0 Å². The lowest BCUT2D eigenvalue weighted by atomic mass is 10.1. The molecule has 0 radical (unpaired) electrons.